The summed E-state index contributed by atoms with van der Waals surface area (Å²) in [6.45, 7) is 0.891. The minimum absolute atomic E-state index is 0.0121. The molecule has 0 aromatic heterocycles. The molecule has 10 heteroatoms. The molecule has 4 N–H and O–H groups in total. The van der Waals surface area contributed by atoms with E-state index in [0.29, 0.717) is 42.0 Å². The highest BCUT2D eigenvalue weighted by atomic mass is 16.5. The molecule has 1 saturated carbocycles. The third-order valence-electron chi connectivity index (χ3n) is 8.18. The first-order valence-corrected chi connectivity index (χ1v) is 15.4. The Hall–Kier alpha value is -4.31. The van der Waals surface area contributed by atoms with Crippen molar-refractivity contribution in [2.45, 2.75) is 69.6 Å². The summed E-state index contributed by atoms with van der Waals surface area (Å²) in [6.07, 6.45) is 19.8. The van der Waals surface area contributed by atoms with Gasteiger partial charge >= 0.3 is 5.97 Å². The highest BCUT2D eigenvalue weighted by molar-refractivity contribution is 6.10. The van der Waals surface area contributed by atoms with Gasteiger partial charge in [0, 0.05) is 49.2 Å². The van der Waals surface area contributed by atoms with Crippen molar-refractivity contribution in [1.82, 2.24) is 0 Å². The van der Waals surface area contributed by atoms with Crippen LogP contribution in [0.5, 0.6) is 11.5 Å². The van der Waals surface area contributed by atoms with E-state index in [0.717, 1.165) is 55.5 Å². The Labute approximate surface area is 258 Å². The molecule has 0 spiro atoms. The van der Waals surface area contributed by atoms with Crippen LogP contribution in [0.15, 0.2) is 70.8 Å². The van der Waals surface area contributed by atoms with Gasteiger partial charge in [-0.1, -0.05) is 30.4 Å². The van der Waals surface area contributed by atoms with Crippen molar-refractivity contribution in [3.05, 3.63) is 71.4 Å². The van der Waals surface area contributed by atoms with Crippen molar-refractivity contribution in [2.24, 2.45) is 16.5 Å². The van der Waals surface area contributed by atoms with E-state index in [1.165, 1.54) is 0 Å². The minimum Gasteiger partial charge on any atom is -0.493 e. The summed E-state index contributed by atoms with van der Waals surface area (Å²) in [4.78, 5) is 31.0. The maximum Gasteiger partial charge on any atom is 0.323 e. The summed E-state index contributed by atoms with van der Waals surface area (Å²) in [5.74, 6) is 1.33. The number of anilines is 1. The number of hydrogen-bond acceptors (Lipinski definition) is 8. The van der Waals surface area contributed by atoms with E-state index in [1.807, 2.05) is 55.6 Å². The SMILES string of the molecule is COc1cc2c(cc1OCC[C@H](N)C(=O)OC1CCCC1)N(C)CC=C2OC1C=CC(C(N)=NC(=O)C2=CCCC=C2)=CC1. The van der Waals surface area contributed by atoms with Gasteiger partial charge in [-0.05, 0) is 56.7 Å². The molecule has 1 aromatic carbocycles. The number of fused-ring (bicyclic) bond motifs is 1. The van der Waals surface area contributed by atoms with Crippen molar-refractivity contribution in [1.29, 1.82) is 0 Å². The van der Waals surface area contributed by atoms with E-state index in [2.05, 4.69) is 9.89 Å². The van der Waals surface area contributed by atoms with E-state index < -0.39 is 6.04 Å². The number of carbonyl (C=O) groups is 2. The topological polar surface area (TPSA) is 139 Å². The van der Waals surface area contributed by atoms with Crippen LogP contribution in [0.1, 0.15) is 56.9 Å². The average Bonchev–Trinajstić information content (AvgIpc) is 3.56. The predicted octanol–water partition coefficient (Wildman–Crippen LogP) is 4.50. The smallest absolute Gasteiger partial charge is 0.323 e. The van der Waals surface area contributed by atoms with Crippen LogP contribution in [0.25, 0.3) is 5.76 Å². The van der Waals surface area contributed by atoms with Crippen LogP contribution >= 0.6 is 0 Å². The number of hydrogen-bond donors (Lipinski definition) is 2. The van der Waals surface area contributed by atoms with Gasteiger partial charge in [-0.3, -0.25) is 9.59 Å². The number of rotatable bonds is 11. The fourth-order valence-electron chi connectivity index (χ4n) is 5.60. The van der Waals surface area contributed by atoms with Gasteiger partial charge in [-0.25, -0.2) is 0 Å². The van der Waals surface area contributed by atoms with Crippen molar-refractivity contribution < 1.29 is 28.5 Å². The zero-order valence-corrected chi connectivity index (χ0v) is 25.5. The number of aliphatic imine (C=N–C) groups is 1. The largest absolute Gasteiger partial charge is 0.493 e. The quantitative estimate of drug-likeness (QED) is 0.213. The maximum absolute atomic E-state index is 12.5. The number of amides is 1. The zero-order chi connectivity index (χ0) is 31.1. The van der Waals surface area contributed by atoms with E-state index in [9.17, 15) is 9.59 Å². The Morgan fingerprint density at radius 3 is 2.59 bits per heavy atom. The number of nitrogens with two attached hydrogens (primary N) is 2. The Balaban J connectivity index is 1.19. The fourth-order valence-corrected chi connectivity index (χ4v) is 5.60. The molecular weight excluding hydrogens is 560 g/mol. The Morgan fingerprint density at radius 2 is 1.89 bits per heavy atom. The summed E-state index contributed by atoms with van der Waals surface area (Å²) in [6, 6.07) is 3.09. The van der Waals surface area contributed by atoms with Crippen LogP contribution in [0.4, 0.5) is 5.69 Å². The highest BCUT2D eigenvalue weighted by Crippen LogP contribution is 2.41. The number of esters is 1. The first-order chi connectivity index (χ1) is 21.3. The van der Waals surface area contributed by atoms with E-state index in [1.54, 1.807) is 13.2 Å². The van der Waals surface area contributed by atoms with Gasteiger partial charge in [0.05, 0.1) is 19.4 Å². The molecule has 0 radical (unpaired) electrons. The normalized spacial score (nSPS) is 20.7. The highest BCUT2D eigenvalue weighted by Gasteiger charge is 2.26. The third-order valence-corrected chi connectivity index (χ3v) is 8.18. The standard InChI is InChI=1S/C34H42N4O6/c1-38-18-16-29(43-25-14-12-22(13-15-25)32(36)37-33(39)23-8-4-3-5-9-23)26-20-30(41-2)31(21-28(26)38)42-19-17-27(35)34(40)44-24-10-6-7-11-24/h4,8-9,12-14,16,20-21,24-25,27H,3,5-7,10-11,15,17-19,35H2,1-2H3,(H2,36,37,39)/t25?,27-/m0/s1. The monoisotopic (exact) mass is 602 g/mol. The third kappa shape index (κ3) is 7.60. The van der Waals surface area contributed by atoms with E-state index in [4.69, 9.17) is 30.4 Å². The summed E-state index contributed by atoms with van der Waals surface area (Å²) in [5, 5.41) is 0. The van der Waals surface area contributed by atoms with Crippen molar-refractivity contribution in [2.75, 3.05) is 32.2 Å². The van der Waals surface area contributed by atoms with Gasteiger partial charge in [-0.2, -0.15) is 4.99 Å². The molecule has 2 atom stereocenters. The molecule has 0 saturated heterocycles. The molecule has 3 aliphatic carbocycles. The van der Waals surface area contributed by atoms with Crippen LogP contribution in [-0.4, -0.2) is 63.3 Å². The van der Waals surface area contributed by atoms with Crippen molar-refractivity contribution in [3.63, 3.8) is 0 Å². The van der Waals surface area contributed by atoms with Gasteiger partial charge in [0.1, 0.15) is 29.8 Å². The second-order valence-electron chi connectivity index (χ2n) is 11.4. The summed E-state index contributed by atoms with van der Waals surface area (Å²) in [7, 11) is 3.58. The second kappa shape index (κ2) is 14.4. The first-order valence-electron chi connectivity index (χ1n) is 15.4. The molecule has 5 rings (SSSR count). The van der Waals surface area contributed by atoms with Gasteiger partial charge in [0.15, 0.2) is 11.5 Å². The van der Waals surface area contributed by atoms with Crippen molar-refractivity contribution >= 4 is 29.2 Å². The molecule has 0 bridgehead atoms. The number of allylic oxidation sites excluding steroid dienone is 2. The first kappa shape index (κ1) is 31.1. The van der Waals surface area contributed by atoms with E-state index in [-0.39, 0.29) is 36.5 Å². The lowest BCUT2D eigenvalue weighted by Crippen LogP contribution is -2.35. The summed E-state index contributed by atoms with van der Waals surface area (Å²) < 4.78 is 23.7. The maximum atomic E-state index is 12.5. The molecule has 4 aliphatic rings. The summed E-state index contributed by atoms with van der Waals surface area (Å²) >= 11 is 0. The lowest BCUT2D eigenvalue weighted by molar-refractivity contribution is -0.150. The molecule has 1 aromatic rings. The van der Waals surface area contributed by atoms with Gasteiger partial charge in [0.2, 0.25) is 0 Å². The number of likely N-dealkylation sites (N-methyl/N-ethyl adjacent to an activating group) is 1. The number of ether oxygens (including phenoxy) is 4. The number of amidine groups is 1. The molecule has 1 fully saturated rings. The second-order valence-corrected chi connectivity index (χ2v) is 11.4. The Kier molecular flexibility index (Phi) is 10.2. The average molecular weight is 603 g/mol. The molecular formula is C34H42N4O6. The van der Waals surface area contributed by atoms with Gasteiger partial charge in [0.25, 0.3) is 5.91 Å². The van der Waals surface area contributed by atoms with Gasteiger partial charge in [-0.15, -0.1) is 0 Å². The molecule has 1 amide bonds. The molecule has 1 aliphatic heterocycles. The van der Waals surface area contributed by atoms with Crippen LogP contribution in [0.3, 0.4) is 0 Å². The molecule has 1 heterocycles. The minimum atomic E-state index is -0.739. The molecule has 10 nitrogen and oxygen atoms in total. The lowest BCUT2D eigenvalue weighted by atomic mass is 10.0. The van der Waals surface area contributed by atoms with Crippen molar-refractivity contribution in [3.8, 4) is 11.5 Å². The molecule has 44 heavy (non-hydrogen) atoms. The van der Waals surface area contributed by atoms with Crippen LogP contribution in [-0.2, 0) is 19.1 Å². The molecule has 234 valence electrons. The van der Waals surface area contributed by atoms with E-state index >= 15 is 0 Å². The number of methoxy groups -OCH3 is 1. The fraction of sp³-hybridized carbons (Fsp3) is 0.441. The van der Waals surface area contributed by atoms with Crippen LogP contribution in [0.2, 0.25) is 0 Å². The zero-order valence-electron chi connectivity index (χ0n) is 25.5. The Morgan fingerprint density at radius 1 is 1.07 bits per heavy atom. The van der Waals surface area contributed by atoms with Crippen LogP contribution in [0, 0.1) is 0 Å². The van der Waals surface area contributed by atoms with Crippen LogP contribution < -0.4 is 25.8 Å². The summed E-state index contributed by atoms with van der Waals surface area (Å²) in [5.41, 5.74) is 15.3. The lowest BCUT2D eigenvalue weighted by Gasteiger charge is -2.30. The predicted molar refractivity (Wildman–Crippen MR) is 170 cm³/mol. The number of benzene rings is 1. The molecule has 1 unspecified atom stereocenters. The Bertz CT molecular complexity index is 1430. The number of carbonyl (C=O) groups excluding carboxylic acids is 2. The van der Waals surface area contributed by atoms with Gasteiger partial charge < -0.3 is 35.3 Å². The number of nitrogens with zero attached hydrogens (tertiary/aromatic N) is 2.